The summed E-state index contributed by atoms with van der Waals surface area (Å²) in [6.45, 7) is 0.906. The molecule has 2 unspecified atom stereocenters. The summed E-state index contributed by atoms with van der Waals surface area (Å²) < 4.78 is 61.6. The predicted molar refractivity (Wildman–Crippen MR) is 65.7 cm³/mol. The molecule has 0 saturated heterocycles. The SMILES string of the molecule is Cc1ccc2c(c1)C(CC(F)(F)C(F)(F)F)C[N+]([O-])(O)S2. The molecule has 0 bridgehead atoms. The maximum absolute atomic E-state index is 13.2. The normalized spacial score (nSPS) is 26.6. The van der Waals surface area contributed by atoms with Gasteiger partial charge in [-0.2, -0.15) is 22.0 Å². The van der Waals surface area contributed by atoms with Crippen LogP contribution in [-0.4, -0.2) is 28.1 Å². The van der Waals surface area contributed by atoms with Crippen molar-refractivity contribution in [3.8, 4) is 0 Å². The van der Waals surface area contributed by atoms with Gasteiger partial charge in [-0.15, -0.1) is 4.21 Å². The summed E-state index contributed by atoms with van der Waals surface area (Å²) in [7, 11) is 0. The van der Waals surface area contributed by atoms with E-state index in [-0.39, 0.29) is 10.5 Å². The number of alkyl halides is 5. The summed E-state index contributed by atoms with van der Waals surface area (Å²) in [4.78, 5) is 0.215. The summed E-state index contributed by atoms with van der Waals surface area (Å²) in [6.07, 6.45) is -7.24. The van der Waals surface area contributed by atoms with E-state index in [2.05, 4.69) is 0 Å². The van der Waals surface area contributed by atoms with Crippen molar-refractivity contribution in [1.82, 2.24) is 0 Å². The second-order valence-electron chi connectivity index (χ2n) is 5.06. The molecule has 0 aromatic heterocycles. The predicted octanol–water partition coefficient (Wildman–Crippen LogP) is 4.39. The van der Waals surface area contributed by atoms with Crippen LogP contribution in [-0.2, 0) is 0 Å². The van der Waals surface area contributed by atoms with Crippen molar-refractivity contribution in [1.29, 1.82) is 0 Å². The number of halogens is 5. The standard InChI is InChI=1S/C12H12F5NO2S/c1-7-2-3-10-9(4-7)8(6-18(19,20)21-10)5-11(13,14)12(15,16)17/h2-4,8,19H,5-6H2,1H3. The summed E-state index contributed by atoms with van der Waals surface area (Å²) in [5.74, 6) is -6.29. The first-order valence-electron chi connectivity index (χ1n) is 5.98. The minimum absolute atomic E-state index is 0.215. The molecule has 1 aliphatic rings. The third-order valence-corrected chi connectivity index (χ3v) is 4.22. The highest BCUT2D eigenvalue weighted by Gasteiger charge is 2.59. The van der Waals surface area contributed by atoms with E-state index in [0.29, 0.717) is 17.5 Å². The van der Waals surface area contributed by atoms with Gasteiger partial charge in [-0.25, -0.2) is 5.21 Å². The lowest BCUT2D eigenvalue weighted by molar-refractivity contribution is -0.953. The Morgan fingerprint density at radius 3 is 2.52 bits per heavy atom. The fourth-order valence-corrected chi connectivity index (χ4v) is 3.26. The summed E-state index contributed by atoms with van der Waals surface area (Å²) in [5, 5.41) is 21.1. The minimum atomic E-state index is -5.68. The largest absolute Gasteiger partial charge is 0.586 e. The highest BCUT2D eigenvalue weighted by Crippen LogP contribution is 2.48. The smallest absolute Gasteiger partial charge is 0.453 e. The number of aryl methyl sites for hydroxylation is 1. The lowest BCUT2D eigenvalue weighted by Crippen LogP contribution is -2.43. The lowest BCUT2D eigenvalue weighted by atomic mass is 9.91. The number of hydroxylamine groups is 2. The van der Waals surface area contributed by atoms with Crippen LogP contribution in [0.3, 0.4) is 0 Å². The molecule has 0 radical (unpaired) electrons. The molecule has 118 valence electrons. The number of hydrogen-bond acceptors (Lipinski definition) is 3. The third kappa shape index (κ3) is 3.47. The molecule has 0 saturated carbocycles. The van der Waals surface area contributed by atoms with E-state index in [1.54, 1.807) is 13.0 Å². The van der Waals surface area contributed by atoms with Crippen molar-refractivity contribution >= 4 is 11.9 Å². The van der Waals surface area contributed by atoms with E-state index in [9.17, 15) is 32.4 Å². The van der Waals surface area contributed by atoms with Crippen LogP contribution in [0.25, 0.3) is 0 Å². The average Bonchev–Trinajstić information content (AvgIpc) is 2.27. The van der Waals surface area contributed by atoms with E-state index in [1.807, 2.05) is 0 Å². The van der Waals surface area contributed by atoms with Crippen molar-refractivity contribution in [2.45, 2.75) is 36.3 Å². The first-order chi connectivity index (χ1) is 9.41. The van der Waals surface area contributed by atoms with Crippen LogP contribution >= 0.6 is 11.9 Å². The van der Waals surface area contributed by atoms with Crippen LogP contribution in [0.5, 0.6) is 0 Å². The Bertz CT molecular complexity index is 547. The molecule has 3 nitrogen and oxygen atoms in total. The molecule has 0 aliphatic carbocycles. The van der Waals surface area contributed by atoms with Gasteiger partial charge in [0.15, 0.2) is 0 Å². The Kier molecular flexibility index (Phi) is 3.98. The molecule has 0 fully saturated rings. The molecular weight excluding hydrogens is 317 g/mol. The van der Waals surface area contributed by atoms with Gasteiger partial charge in [-0.1, -0.05) is 17.7 Å². The molecule has 0 spiro atoms. The average molecular weight is 329 g/mol. The van der Waals surface area contributed by atoms with Crippen molar-refractivity contribution in [2.24, 2.45) is 0 Å². The fraction of sp³-hybridized carbons (Fsp3) is 0.500. The summed E-state index contributed by atoms with van der Waals surface area (Å²) in [5.41, 5.74) is 0.918. The van der Waals surface area contributed by atoms with Crippen molar-refractivity contribution in [3.05, 3.63) is 34.5 Å². The van der Waals surface area contributed by atoms with Gasteiger partial charge in [0, 0.05) is 12.3 Å². The van der Waals surface area contributed by atoms with Gasteiger partial charge in [0.05, 0.1) is 4.90 Å². The first-order valence-corrected chi connectivity index (χ1v) is 6.75. The zero-order valence-corrected chi connectivity index (χ0v) is 11.6. The zero-order chi connectivity index (χ0) is 16.1. The Morgan fingerprint density at radius 1 is 1.33 bits per heavy atom. The molecule has 1 aromatic rings. The van der Waals surface area contributed by atoms with Gasteiger partial charge >= 0.3 is 12.1 Å². The van der Waals surface area contributed by atoms with Crippen LogP contribution in [0.15, 0.2) is 23.1 Å². The van der Waals surface area contributed by atoms with Gasteiger partial charge in [0.25, 0.3) is 0 Å². The number of benzene rings is 1. The Hall–Kier alpha value is -0.900. The van der Waals surface area contributed by atoms with Crippen LogP contribution in [0, 0.1) is 12.1 Å². The van der Waals surface area contributed by atoms with Crippen LogP contribution in [0.1, 0.15) is 23.5 Å². The molecule has 21 heavy (non-hydrogen) atoms. The molecule has 1 aromatic carbocycles. The van der Waals surface area contributed by atoms with Crippen LogP contribution in [0.2, 0.25) is 0 Å². The third-order valence-electron chi connectivity index (χ3n) is 3.21. The van der Waals surface area contributed by atoms with Crippen LogP contribution in [0.4, 0.5) is 22.0 Å². The quantitative estimate of drug-likeness (QED) is 0.379. The Balaban J connectivity index is 2.38. The maximum atomic E-state index is 13.2. The number of hydrogen-bond donors (Lipinski definition) is 1. The second-order valence-corrected chi connectivity index (χ2v) is 6.25. The van der Waals surface area contributed by atoms with Crippen molar-refractivity contribution in [2.75, 3.05) is 6.54 Å². The number of rotatable bonds is 2. The monoisotopic (exact) mass is 329 g/mol. The molecule has 1 aliphatic heterocycles. The zero-order valence-electron chi connectivity index (χ0n) is 10.8. The molecular formula is C12H12F5NO2S. The van der Waals surface area contributed by atoms with Crippen molar-refractivity contribution in [3.63, 3.8) is 0 Å². The highest BCUT2D eigenvalue weighted by atomic mass is 32.2. The van der Waals surface area contributed by atoms with Crippen LogP contribution < -0.4 is 0 Å². The van der Waals surface area contributed by atoms with E-state index in [1.165, 1.54) is 12.1 Å². The Labute approximate surface area is 121 Å². The molecule has 1 heterocycles. The number of nitrogens with zero attached hydrogens (tertiary/aromatic N) is 1. The van der Waals surface area contributed by atoms with Crippen molar-refractivity contribution < 1.29 is 31.4 Å². The topological polar surface area (TPSA) is 43.3 Å². The van der Waals surface area contributed by atoms with Gasteiger partial charge in [0.2, 0.25) is 0 Å². The molecule has 1 N–H and O–H groups in total. The van der Waals surface area contributed by atoms with E-state index in [0.717, 1.165) is 0 Å². The first kappa shape index (κ1) is 16.5. The molecule has 0 amide bonds. The fourth-order valence-electron chi connectivity index (χ4n) is 2.24. The lowest BCUT2D eigenvalue weighted by Gasteiger charge is -2.39. The van der Waals surface area contributed by atoms with Gasteiger partial charge < -0.3 is 5.21 Å². The van der Waals surface area contributed by atoms with E-state index in [4.69, 9.17) is 0 Å². The van der Waals surface area contributed by atoms with Gasteiger partial charge in [-0.3, -0.25) is 0 Å². The van der Waals surface area contributed by atoms with Gasteiger partial charge in [0.1, 0.15) is 18.5 Å². The minimum Gasteiger partial charge on any atom is -0.586 e. The molecule has 9 heteroatoms. The number of fused-ring (bicyclic) bond motifs is 1. The maximum Gasteiger partial charge on any atom is 0.453 e. The highest BCUT2D eigenvalue weighted by molar-refractivity contribution is 7.93. The molecule has 2 rings (SSSR count). The van der Waals surface area contributed by atoms with E-state index < -0.39 is 35.2 Å². The Morgan fingerprint density at radius 2 is 1.95 bits per heavy atom. The number of quaternary nitrogens is 1. The van der Waals surface area contributed by atoms with E-state index >= 15 is 0 Å². The second kappa shape index (κ2) is 5.08. The molecule has 2 atom stereocenters. The van der Waals surface area contributed by atoms with Gasteiger partial charge in [-0.05, 0) is 18.6 Å². The summed E-state index contributed by atoms with van der Waals surface area (Å²) in [6, 6.07) is 4.50. The summed E-state index contributed by atoms with van der Waals surface area (Å²) >= 11 is 0.471.